The number of pyridine rings is 2. The molecule has 166 valence electrons. The number of aromatic nitrogens is 2. The van der Waals surface area contributed by atoms with E-state index in [-0.39, 0.29) is 24.7 Å². The predicted octanol–water partition coefficient (Wildman–Crippen LogP) is 4.35. The maximum Gasteiger partial charge on any atom is 0.142 e. The van der Waals surface area contributed by atoms with E-state index in [1.54, 1.807) is 34.0 Å². The van der Waals surface area contributed by atoms with Crippen molar-refractivity contribution in [2.75, 3.05) is 0 Å². The van der Waals surface area contributed by atoms with Gasteiger partial charge in [0.25, 0.3) is 0 Å². The van der Waals surface area contributed by atoms with E-state index in [4.69, 9.17) is 0 Å². The standard InChI is InChI=1S/C22H32N2O4S2/c1-13(2)5-19-21(27)17(9-25)15(7-23-19)11-29-30-12-16-8-24-20(6-14(3)4)22(28)18(16)10-26/h7-8,13-14,25-28H,5-6,9-12H2,1-4H3. The second-order valence-corrected chi connectivity index (χ2v) is 10.6. The molecule has 0 aromatic carbocycles. The van der Waals surface area contributed by atoms with Gasteiger partial charge in [-0.15, -0.1) is 0 Å². The fourth-order valence-electron chi connectivity index (χ4n) is 3.13. The molecule has 2 aromatic heterocycles. The van der Waals surface area contributed by atoms with Gasteiger partial charge in [-0.2, -0.15) is 0 Å². The molecule has 0 saturated heterocycles. The lowest BCUT2D eigenvalue weighted by Gasteiger charge is -2.14. The van der Waals surface area contributed by atoms with Crippen LogP contribution in [0, 0.1) is 11.8 Å². The van der Waals surface area contributed by atoms with Gasteiger partial charge in [-0.3, -0.25) is 9.97 Å². The predicted molar refractivity (Wildman–Crippen MR) is 123 cm³/mol. The molecule has 30 heavy (non-hydrogen) atoms. The minimum atomic E-state index is -0.232. The Morgan fingerprint density at radius 3 is 1.40 bits per heavy atom. The summed E-state index contributed by atoms with van der Waals surface area (Å²) in [6.45, 7) is 7.77. The first-order valence-electron chi connectivity index (χ1n) is 10.1. The van der Waals surface area contributed by atoms with Gasteiger partial charge >= 0.3 is 0 Å². The van der Waals surface area contributed by atoms with Gasteiger partial charge in [0.1, 0.15) is 11.5 Å². The molecule has 0 aliphatic heterocycles. The maximum absolute atomic E-state index is 10.4. The van der Waals surface area contributed by atoms with Crippen molar-refractivity contribution in [3.8, 4) is 11.5 Å². The van der Waals surface area contributed by atoms with Gasteiger partial charge < -0.3 is 20.4 Å². The SMILES string of the molecule is CC(C)Cc1ncc(CSSCc2cnc(CC(C)C)c(O)c2CO)c(CO)c1O. The molecule has 0 atom stereocenters. The molecule has 0 bridgehead atoms. The third kappa shape index (κ3) is 6.51. The van der Waals surface area contributed by atoms with E-state index < -0.39 is 0 Å². The molecule has 0 saturated carbocycles. The number of aliphatic hydroxyl groups excluding tert-OH is 2. The van der Waals surface area contributed by atoms with Gasteiger partial charge in [0.15, 0.2) is 0 Å². The quantitative estimate of drug-likeness (QED) is 0.294. The Bertz CT molecular complexity index is 775. The topological polar surface area (TPSA) is 107 Å². The molecule has 8 heteroatoms. The fraction of sp³-hybridized carbons (Fsp3) is 0.545. The highest BCUT2D eigenvalue weighted by atomic mass is 33.1. The molecule has 0 fully saturated rings. The van der Waals surface area contributed by atoms with Crippen molar-refractivity contribution in [3.63, 3.8) is 0 Å². The Labute approximate surface area is 186 Å². The Kier molecular flexibility index (Phi) is 9.74. The average Bonchev–Trinajstić information content (AvgIpc) is 2.68. The number of aliphatic hydroxyl groups is 2. The van der Waals surface area contributed by atoms with Crippen LogP contribution in [0.1, 0.15) is 61.3 Å². The Balaban J connectivity index is 2.03. The van der Waals surface area contributed by atoms with Crippen LogP contribution >= 0.6 is 21.6 Å². The molecule has 4 N–H and O–H groups in total. The maximum atomic E-state index is 10.4. The molecule has 0 spiro atoms. The van der Waals surface area contributed by atoms with Crippen LogP contribution in [0.4, 0.5) is 0 Å². The lowest BCUT2D eigenvalue weighted by Crippen LogP contribution is -2.03. The molecule has 0 unspecified atom stereocenters. The number of aromatic hydroxyl groups is 2. The fourth-order valence-corrected chi connectivity index (χ4v) is 5.31. The summed E-state index contributed by atoms with van der Waals surface area (Å²) in [5.41, 5.74) is 3.90. The molecule has 0 aliphatic carbocycles. The van der Waals surface area contributed by atoms with E-state index in [9.17, 15) is 20.4 Å². The van der Waals surface area contributed by atoms with E-state index >= 15 is 0 Å². The van der Waals surface area contributed by atoms with Crippen molar-refractivity contribution in [3.05, 3.63) is 46.0 Å². The minimum absolute atomic E-state index is 0.0896. The van der Waals surface area contributed by atoms with Gasteiger partial charge in [-0.05, 0) is 35.8 Å². The van der Waals surface area contributed by atoms with Crippen LogP contribution in [-0.2, 0) is 37.6 Å². The zero-order valence-corrected chi connectivity index (χ0v) is 19.7. The molecule has 0 amide bonds. The van der Waals surface area contributed by atoms with Crippen molar-refractivity contribution in [1.29, 1.82) is 0 Å². The minimum Gasteiger partial charge on any atom is -0.506 e. The lowest BCUT2D eigenvalue weighted by atomic mass is 10.0. The third-order valence-corrected chi connectivity index (χ3v) is 6.91. The molecule has 0 radical (unpaired) electrons. The van der Waals surface area contributed by atoms with E-state index in [2.05, 4.69) is 37.7 Å². The summed E-state index contributed by atoms with van der Waals surface area (Å²) >= 11 is 0. The van der Waals surface area contributed by atoms with Crippen LogP contribution < -0.4 is 0 Å². The summed E-state index contributed by atoms with van der Waals surface area (Å²) in [6.07, 6.45) is 4.77. The monoisotopic (exact) mass is 452 g/mol. The van der Waals surface area contributed by atoms with E-state index in [0.29, 0.717) is 58.7 Å². The van der Waals surface area contributed by atoms with Crippen molar-refractivity contribution in [2.45, 2.75) is 65.3 Å². The molecule has 2 heterocycles. The van der Waals surface area contributed by atoms with Gasteiger partial charge in [0, 0.05) is 35.0 Å². The highest BCUT2D eigenvalue weighted by Gasteiger charge is 2.16. The number of hydrogen-bond donors (Lipinski definition) is 4. The largest absolute Gasteiger partial charge is 0.506 e. The molecule has 6 nitrogen and oxygen atoms in total. The summed E-state index contributed by atoms with van der Waals surface area (Å²) < 4.78 is 0. The Morgan fingerprint density at radius 2 is 1.10 bits per heavy atom. The molecule has 2 aromatic rings. The molecular weight excluding hydrogens is 420 g/mol. The molecular formula is C22H32N2O4S2. The zero-order valence-electron chi connectivity index (χ0n) is 18.1. The van der Waals surface area contributed by atoms with Crippen molar-refractivity contribution in [1.82, 2.24) is 9.97 Å². The first kappa shape index (κ1) is 24.8. The summed E-state index contributed by atoms with van der Waals surface area (Å²) in [6, 6.07) is 0. The van der Waals surface area contributed by atoms with Crippen LogP contribution in [0.2, 0.25) is 0 Å². The van der Waals surface area contributed by atoms with Crippen molar-refractivity contribution >= 4 is 21.6 Å². The van der Waals surface area contributed by atoms with Crippen LogP contribution in [0.5, 0.6) is 11.5 Å². The first-order valence-corrected chi connectivity index (χ1v) is 12.6. The first-order chi connectivity index (χ1) is 14.3. The zero-order chi connectivity index (χ0) is 22.3. The Hall–Kier alpha value is -1.48. The van der Waals surface area contributed by atoms with E-state index in [1.165, 1.54) is 0 Å². The second-order valence-electron chi connectivity index (χ2n) is 8.15. The van der Waals surface area contributed by atoms with E-state index in [1.807, 2.05) is 0 Å². The van der Waals surface area contributed by atoms with Crippen LogP contribution in [0.15, 0.2) is 12.4 Å². The van der Waals surface area contributed by atoms with Gasteiger partial charge in [-0.25, -0.2) is 0 Å². The highest BCUT2D eigenvalue weighted by Crippen LogP contribution is 2.36. The third-order valence-electron chi connectivity index (χ3n) is 4.68. The number of hydrogen-bond acceptors (Lipinski definition) is 8. The Morgan fingerprint density at radius 1 is 0.733 bits per heavy atom. The normalized spacial score (nSPS) is 11.6. The van der Waals surface area contributed by atoms with Gasteiger partial charge in [-0.1, -0.05) is 49.3 Å². The van der Waals surface area contributed by atoms with E-state index in [0.717, 1.165) is 11.1 Å². The summed E-state index contributed by atoms with van der Waals surface area (Å²) in [7, 11) is 3.12. The van der Waals surface area contributed by atoms with Crippen LogP contribution in [0.3, 0.4) is 0 Å². The highest BCUT2D eigenvalue weighted by molar-refractivity contribution is 8.76. The van der Waals surface area contributed by atoms with Crippen molar-refractivity contribution in [2.24, 2.45) is 11.8 Å². The van der Waals surface area contributed by atoms with Crippen molar-refractivity contribution < 1.29 is 20.4 Å². The molecule has 0 aliphatic rings. The lowest BCUT2D eigenvalue weighted by molar-refractivity contribution is 0.273. The average molecular weight is 453 g/mol. The smallest absolute Gasteiger partial charge is 0.142 e. The second kappa shape index (κ2) is 11.8. The number of nitrogens with zero attached hydrogens (tertiary/aromatic N) is 2. The summed E-state index contributed by atoms with van der Waals surface area (Å²) in [5, 5.41) is 40.3. The summed E-state index contributed by atoms with van der Waals surface area (Å²) in [5.74, 6) is 2.05. The van der Waals surface area contributed by atoms with Gasteiger partial charge in [0.2, 0.25) is 0 Å². The van der Waals surface area contributed by atoms with Crippen LogP contribution in [-0.4, -0.2) is 30.4 Å². The summed E-state index contributed by atoms with van der Waals surface area (Å²) in [4.78, 5) is 8.75. The molecule has 2 rings (SSSR count). The number of rotatable bonds is 11. The van der Waals surface area contributed by atoms with Gasteiger partial charge in [0.05, 0.1) is 24.6 Å². The van der Waals surface area contributed by atoms with Crippen LogP contribution in [0.25, 0.3) is 0 Å².